The minimum Gasteiger partial charge on any atom is -0.477 e. The van der Waals surface area contributed by atoms with E-state index in [9.17, 15) is 9.59 Å². The van der Waals surface area contributed by atoms with E-state index in [1.165, 1.54) is 22.9 Å². The first-order valence-electron chi connectivity index (χ1n) is 6.40. The van der Waals surface area contributed by atoms with Crippen molar-refractivity contribution < 1.29 is 18.8 Å². The van der Waals surface area contributed by atoms with Crippen LogP contribution in [0, 0.1) is 0 Å². The van der Waals surface area contributed by atoms with Crippen molar-refractivity contribution in [1.82, 2.24) is 4.57 Å². The minimum atomic E-state index is -2.44. The molecule has 0 saturated heterocycles. The standard InChI is InChI=1S/C11H13NO4/c1-16-8-5-7(6-8)12-4-2-3-9(10(12)13)11(14)15/h2-4,7-8H,5-6H2,1H3,(H,14,15)/i1D3. The van der Waals surface area contributed by atoms with E-state index in [4.69, 9.17) is 14.0 Å². The Hall–Kier alpha value is -1.62. The van der Waals surface area contributed by atoms with Crippen LogP contribution >= 0.6 is 0 Å². The third-order valence-corrected chi connectivity index (χ3v) is 2.83. The van der Waals surface area contributed by atoms with Gasteiger partial charge in [-0.15, -0.1) is 0 Å². The Labute approximate surface area is 96.5 Å². The van der Waals surface area contributed by atoms with Gasteiger partial charge in [-0.1, -0.05) is 0 Å². The number of rotatable bonds is 3. The molecule has 0 bridgehead atoms. The molecule has 1 aliphatic carbocycles. The molecule has 1 aliphatic rings. The van der Waals surface area contributed by atoms with Crippen LogP contribution in [0.4, 0.5) is 0 Å². The molecule has 0 amide bonds. The van der Waals surface area contributed by atoms with Gasteiger partial charge in [-0.2, -0.15) is 0 Å². The van der Waals surface area contributed by atoms with Crippen molar-refractivity contribution in [1.29, 1.82) is 0 Å². The number of methoxy groups -OCH3 is 1. The first kappa shape index (κ1) is 7.62. The molecule has 5 nitrogen and oxygen atoms in total. The molecule has 1 heterocycles. The highest BCUT2D eigenvalue weighted by atomic mass is 16.5. The van der Waals surface area contributed by atoms with Crippen molar-refractivity contribution in [2.24, 2.45) is 0 Å². The van der Waals surface area contributed by atoms with Gasteiger partial charge in [0, 0.05) is 19.3 Å². The molecule has 0 aliphatic heterocycles. The van der Waals surface area contributed by atoms with Crippen LogP contribution in [-0.4, -0.2) is 28.8 Å². The Bertz CT molecular complexity index is 546. The van der Waals surface area contributed by atoms with Crippen molar-refractivity contribution in [2.75, 3.05) is 7.04 Å². The minimum absolute atomic E-state index is 0.209. The summed E-state index contributed by atoms with van der Waals surface area (Å²) in [6, 6.07) is 2.53. The summed E-state index contributed by atoms with van der Waals surface area (Å²) in [5, 5.41) is 8.86. The van der Waals surface area contributed by atoms with Crippen LogP contribution in [0.3, 0.4) is 0 Å². The van der Waals surface area contributed by atoms with Gasteiger partial charge in [0.1, 0.15) is 5.56 Å². The normalized spacial score (nSPS) is 27.4. The lowest BCUT2D eigenvalue weighted by Gasteiger charge is -2.35. The maximum Gasteiger partial charge on any atom is 0.341 e. The van der Waals surface area contributed by atoms with Crippen LogP contribution in [0.25, 0.3) is 0 Å². The summed E-state index contributed by atoms with van der Waals surface area (Å²) in [7, 11) is -2.44. The Kier molecular flexibility index (Phi) is 1.95. The van der Waals surface area contributed by atoms with E-state index in [-0.39, 0.29) is 11.6 Å². The largest absolute Gasteiger partial charge is 0.477 e. The van der Waals surface area contributed by atoms with Gasteiger partial charge in [0.2, 0.25) is 0 Å². The van der Waals surface area contributed by atoms with E-state index in [1.807, 2.05) is 0 Å². The van der Waals surface area contributed by atoms with Gasteiger partial charge in [-0.25, -0.2) is 4.79 Å². The first-order chi connectivity index (χ1) is 8.78. The SMILES string of the molecule is [2H]C([2H])([2H])OC1CC(n2cccc(C(=O)O)c2=O)C1. The second-order valence-electron chi connectivity index (χ2n) is 3.80. The highest BCUT2D eigenvalue weighted by Gasteiger charge is 2.31. The number of nitrogens with zero attached hydrogens (tertiary/aromatic N) is 1. The monoisotopic (exact) mass is 226 g/mol. The van der Waals surface area contributed by atoms with Gasteiger partial charge in [0.05, 0.1) is 10.2 Å². The number of hydrogen-bond acceptors (Lipinski definition) is 3. The van der Waals surface area contributed by atoms with Crippen LogP contribution in [-0.2, 0) is 4.74 Å². The molecule has 86 valence electrons. The maximum absolute atomic E-state index is 11.9. The number of hydrogen-bond donors (Lipinski definition) is 1. The third kappa shape index (κ3) is 1.74. The molecule has 0 unspecified atom stereocenters. The molecular formula is C11H13NO4. The van der Waals surface area contributed by atoms with Gasteiger partial charge >= 0.3 is 5.97 Å². The zero-order chi connectivity index (χ0) is 14.2. The Balaban J connectivity index is 2.09. The average Bonchev–Trinajstić information content (AvgIpc) is 2.22. The summed E-state index contributed by atoms with van der Waals surface area (Å²) in [4.78, 5) is 22.7. The molecule has 1 aromatic heterocycles. The second-order valence-corrected chi connectivity index (χ2v) is 3.80. The van der Waals surface area contributed by atoms with Gasteiger partial charge in [-0.05, 0) is 25.0 Å². The van der Waals surface area contributed by atoms with Crippen molar-refractivity contribution >= 4 is 5.97 Å². The van der Waals surface area contributed by atoms with Crippen LogP contribution in [0.5, 0.6) is 0 Å². The summed E-state index contributed by atoms with van der Waals surface area (Å²) >= 11 is 0. The summed E-state index contributed by atoms with van der Waals surface area (Å²) in [5.41, 5.74) is -0.866. The Morgan fingerprint density at radius 3 is 3.06 bits per heavy atom. The molecule has 1 saturated carbocycles. The summed E-state index contributed by atoms with van der Waals surface area (Å²) in [6.07, 6.45) is 1.87. The van der Waals surface area contributed by atoms with Crippen molar-refractivity contribution in [2.45, 2.75) is 25.0 Å². The van der Waals surface area contributed by atoms with Crippen molar-refractivity contribution in [3.8, 4) is 0 Å². The molecule has 0 spiro atoms. The van der Waals surface area contributed by atoms with Gasteiger partial charge in [-0.3, -0.25) is 4.79 Å². The number of carboxylic acid groups (broad SMARTS) is 1. The quantitative estimate of drug-likeness (QED) is 0.831. The molecule has 16 heavy (non-hydrogen) atoms. The molecule has 0 aromatic carbocycles. The zero-order valence-corrected chi connectivity index (χ0v) is 8.42. The number of ether oxygens (including phenoxy) is 1. The topological polar surface area (TPSA) is 68.5 Å². The molecule has 0 atom stereocenters. The van der Waals surface area contributed by atoms with E-state index in [2.05, 4.69) is 0 Å². The fourth-order valence-corrected chi connectivity index (χ4v) is 1.82. The lowest BCUT2D eigenvalue weighted by molar-refractivity contribution is 0.00506. The molecule has 1 fully saturated rings. The first-order valence-corrected chi connectivity index (χ1v) is 4.90. The number of carbonyl (C=O) groups is 1. The van der Waals surface area contributed by atoms with Crippen molar-refractivity contribution in [3.05, 3.63) is 34.2 Å². The molecular weight excluding hydrogens is 210 g/mol. The smallest absolute Gasteiger partial charge is 0.341 e. The highest BCUT2D eigenvalue weighted by Crippen LogP contribution is 2.32. The summed E-state index contributed by atoms with van der Waals surface area (Å²) < 4.78 is 27.0. The molecule has 0 radical (unpaired) electrons. The Morgan fingerprint density at radius 2 is 2.44 bits per heavy atom. The summed E-state index contributed by atoms with van der Waals surface area (Å²) in [5.74, 6) is -1.27. The number of aromatic carboxylic acids is 1. The highest BCUT2D eigenvalue weighted by molar-refractivity contribution is 5.86. The van der Waals surface area contributed by atoms with Gasteiger partial charge in [0.25, 0.3) is 5.56 Å². The Morgan fingerprint density at radius 1 is 1.69 bits per heavy atom. The molecule has 2 rings (SSSR count). The fraction of sp³-hybridized carbons (Fsp3) is 0.455. The second kappa shape index (κ2) is 4.09. The number of pyridine rings is 1. The maximum atomic E-state index is 11.9. The zero-order valence-electron chi connectivity index (χ0n) is 11.4. The van der Waals surface area contributed by atoms with Crippen LogP contribution < -0.4 is 5.56 Å². The summed E-state index contributed by atoms with van der Waals surface area (Å²) in [6.45, 7) is 0. The predicted molar refractivity (Wildman–Crippen MR) is 56.7 cm³/mol. The molecule has 1 N–H and O–H groups in total. The van der Waals surface area contributed by atoms with Crippen molar-refractivity contribution in [3.63, 3.8) is 0 Å². The third-order valence-electron chi connectivity index (χ3n) is 2.83. The average molecular weight is 226 g/mol. The van der Waals surface area contributed by atoms with E-state index in [1.54, 1.807) is 0 Å². The molecule has 1 aromatic rings. The van der Waals surface area contributed by atoms with Crippen LogP contribution in [0.2, 0.25) is 0 Å². The van der Waals surface area contributed by atoms with Gasteiger partial charge < -0.3 is 14.4 Å². The van der Waals surface area contributed by atoms with E-state index in [0.29, 0.717) is 12.8 Å². The van der Waals surface area contributed by atoms with E-state index in [0.717, 1.165) is 0 Å². The van der Waals surface area contributed by atoms with E-state index < -0.39 is 24.7 Å². The van der Waals surface area contributed by atoms with Crippen LogP contribution in [0.15, 0.2) is 23.1 Å². The van der Waals surface area contributed by atoms with Crippen LogP contribution in [0.1, 0.15) is 33.4 Å². The number of carboxylic acids is 1. The predicted octanol–water partition coefficient (Wildman–Crippen LogP) is 0.896. The number of aromatic nitrogens is 1. The lowest BCUT2D eigenvalue weighted by atomic mass is 9.89. The molecule has 5 heteroatoms. The van der Waals surface area contributed by atoms with Gasteiger partial charge in [0.15, 0.2) is 0 Å². The fourth-order valence-electron chi connectivity index (χ4n) is 1.82. The lowest BCUT2D eigenvalue weighted by Crippen LogP contribution is -2.38. The van der Waals surface area contributed by atoms with E-state index >= 15 is 0 Å².